The van der Waals surface area contributed by atoms with Crippen molar-refractivity contribution in [3.63, 3.8) is 0 Å². The van der Waals surface area contributed by atoms with Crippen molar-refractivity contribution in [3.05, 3.63) is 46.3 Å². The number of carbonyl (C=O) groups is 2. The van der Waals surface area contributed by atoms with E-state index in [2.05, 4.69) is 20.1 Å². The third-order valence-corrected chi connectivity index (χ3v) is 7.32. The van der Waals surface area contributed by atoms with Crippen LogP contribution in [0, 0.1) is 0 Å². The zero-order valence-electron chi connectivity index (χ0n) is 17.5. The predicted molar refractivity (Wildman–Crippen MR) is 128 cm³/mol. The summed E-state index contributed by atoms with van der Waals surface area (Å²) < 4.78 is 7.17. The molecule has 1 saturated carbocycles. The molecule has 168 valence electrons. The Morgan fingerprint density at radius 2 is 2.03 bits per heavy atom. The lowest BCUT2D eigenvalue weighted by atomic mass is 10.2. The minimum Gasteiger partial charge on any atom is -0.462 e. The topological polar surface area (TPSA) is 86.1 Å². The molecule has 1 fully saturated rings. The molecule has 7 nitrogen and oxygen atoms in total. The van der Waals surface area contributed by atoms with Crippen LogP contribution in [0.25, 0.3) is 11.4 Å². The van der Waals surface area contributed by atoms with Crippen molar-refractivity contribution >= 4 is 51.6 Å². The number of hydrogen-bond donors (Lipinski definition) is 1. The molecule has 1 aliphatic carbocycles. The fourth-order valence-electron chi connectivity index (χ4n) is 3.76. The quantitative estimate of drug-likeness (QED) is 0.323. The van der Waals surface area contributed by atoms with Crippen molar-refractivity contribution in [1.82, 2.24) is 14.8 Å². The van der Waals surface area contributed by atoms with Crippen molar-refractivity contribution in [2.75, 3.05) is 17.7 Å². The van der Waals surface area contributed by atoms with Gasteiger partial charge in [0.15, 0.2) is 11.0 Å². The molecule has 32 heavy (non-hydrogen) atoms. The fraction of sp³-hybridized carbons (Fsp3) is 0.364. The van der Waals surface area contributed by atoms with Crippen molar-refractivity contribution in [3.8, 4) is 11.4 Å². The van der Waals surface area contributed by atoms with Gasteiger partial charge in [0.25, 0.3) is 0 Å². The molecule has 10 heteroatoms. The highest BCUT2D eigenvalue weighted by Gasteiger charge is 2.26. The van der Waals surface area contributed by atoms with E-state index in [9.17, 15) is 9.59 Å². The summed E-state index contributed by atoms with van der Waals surface area (Å²) >= 11 is 9.05. The largest absolute Gasteiger partial charge is 0.462 e. The minimum atomic E-state index is -0.443. The molecule has 0 radical (unpaired) electrons. The molecule has 1 amide bonds. The molecule has 2 aromatic heterocycles. The number of anilines is 1. The fourth-order valence-corrected chi connectivity index (χ4v) is 5.58. The summed E-state index contributed by atoms with van der Waals surface area (Å²) in [6.45, 7) is 2.03. The second-order valence-electron chi connectivity index (χ2n) is 7.32. The van der Waals surface area contributed by atoms with Gasteiger partial charge in [0.1, 0.15) is 5.00 Å². The molecule has 0 unspecified atom stereocenters. The monoisotopic (exact) mass is 490 g/mol. The first kappa shape index (κ1) is 22.8. The van der Waals surface area contributed by atoms with Gasteiger partial charge in [0.2, 0.25) is 5.91 Å². The standard InChI is InChI=1S/C22H23ClN4O3S2/c1-2-30-21(29)16-11-12-31-20(16)24-18(28)13-32-22-26-25-19(15-9-5-6-10-17(15)23)27(22)14-7-3-4-8-14/h5-6,9-12,14H,2-4,7-8,13H2,1H3,(H,24,28). The molecule has 1 aromatic carbocycles. The number of aromatic nitrogens is 3. The van der Waals surface area contributed by atoms with Crippen LogP contribution in [0.5, 0.6) is 0 Å². The van der Waals surface area contributed by atoms with E-state index in [1.807, 2.05) is 24.3 Å². The Kier molecular flexibility index (Phi) is 7.49. The maximum atomic E-state index is 12.6. The van der Waals surface area contributed by atoms with Crippen LogP contribution < -0.4 is 5.32 Å². The zero-order chi connectivity index (χ0) is 22.5. The number of hydrogen-bond acceptors (Lipinski definition) is 7. The number of carbonyl (C=O) groups excluding carboxylic acids is 2. The minimum absolute atomic E-state index is 0.146. The predicted octanol–water partition coefficient (Wildman–Crippen LogP) is 5.68. The van der Waals surface area contributed by atoms with Gasteiger partial charge in [-0.15, -0.1) is 21.5 Å². The van der Waals surface area contributed by atoms with Gasteiger partial charge in [-0.05, 0) is 43.3 Å². The smallest absolute Gasteiger partial charge is 0.341 e. The van der Waals surface area contributed by atoms with Gasteiger partial charge >= 0.3 is 5.97 Å². The molecular formula is C22H23ClN4O3S2. The van der Waals surface area contributed by atoms with Gasteiger partial charge in [-0.2, -0.15) is 0 Å². The summed E-state index contributed by atoms with van der Waals surface area (Å²) in [6.07, 6.45) is 4.41. The SMILES string of the molecule is CCOC(=O)c1ccsc1NC(=O)CSc1nnc(-c2ccccc2Cl)n1C1CCCC1. The third-order valence-electron chi connectivity index (χ3n) is 5.22. The zero-order valence-corrected chi connectivity index (χ0v) is 19.9. The summed E-state index contributed by atoms with van der Waals surface area (Å²) in [6, 6.07) is 9.53. The van der Waals surface area contributed by atoms with E-state index in [0.29, 0.717) is 20.7 Å². The number of benzene rings is 1. The van der Waals surface area contributed by atoms with E-state index >= 15 is 0 Å². The second kappa shape index (κ2) is 10.5. The van der Waals surface area contributed by atoms with Gasteiger partial charge in [-0.25, -0.2) is 4.79 Å². The average molecular weight is 491 g/mol. The number of rotatable bonds is 8. The van der Waals surface area contributed by atoms with Crippen molar-refractivity contribution in [2.45, 2.75) is 43.8 Å². The molecule has 3 aromatic rings. The van der Waals surface area contributed by atoms with Gasteiger partial charge < -0.3 is 10.1 Å². The first-order valence-corrected chi connectivity index (χ1v) is 12.7. The van der Waals surface area contributed by atoms with Crippen LogP contribution >= 0.6 is 34.7 Å². The number of thiophene rings is 1. The van der Waals surface area contributed by atoms with E-state index in [4.69, 9.17) is 16.3 Å². The maximum absolute atomic E-state index is 12.6. The summed E-state index contributed by atoms with van der Waals surface area (Å²) in [5.41, 5.74) is 1.20. The van der Waals surface area contributed by atoms with Crippen LogP contribution in [-0.4, -0.2) is 39.0 Å². The summed E-state index contributed by atoms with van der Waals surface area (Å²) in [7, 11) is 0. The summed E-state index contributed by atoms with van der Waals surface area (Å²) in [4.78, 5) is 24.7. The van der Waals surface area contributed by atoms with Gasteiger partial charge in [0.05, 0.1) is 22.9 Å². The van der Waals surface area contributed by atoms with Crippen LogP contribution in [-0.2, 0) is 9.53 Å². The highest BCUT2D eigenvalue weighted by molar-refractivity contribution is 7.99. The van der Waals surface area contributed by atoms with E-state index in [-0.39, 0.29) is 24.3 Å². The molecule has 0 saturated heterocycles. The number of esters is 1. The van der Waals surface area contributed by atoms with Crippen LogP contribution in [0.3, 0.4) is 0 Å². The highest BCUT2D eigenvalue weighted by atomic mass is 35.5. The molecule has 4 rings (SSSR count). The van der Waals surface area contributed by atoms with Gasteiger partial charge in [-0.1, -0.05) is 48.3 Å². The third kappa shape index (κ3) is 5.00. The number of nitrogens with zero attached hydrogens (tertiary/aromatic N) is 3. The van der Waals surface area contributed by atoms with Crippen molar-refractivity contribution in [1.29, 1.82) is 0 Å². The van der Waals surface area contributed by atoms with Crippen molar-refractivity contribution in [2.24, 2.45) is 0 Å². The number of thioether (sulfide) groups is 1. The average Bonchev–Trinajstić information content (AvgIpc) is 3.53. The molecule has 2 heterocycles. The Labute approximate surface area is 199 Å². The Hall–Kier alpha value is -2.36. The summed E-state index contributed by atoms with van der Waals surface area (Å²) in [5, 5.41) is 15.2. The lowest BCUT2D eigenvalue weighted by Crippen LogP contribution is -2.17. The molecule has 0 bridgehead atoms. The Morgan fingerprint density at radius 3 is 2.78 bits per heavy atom. The normalized spacial score (nSPS) is 13.9. The maximum Gasteiger partial charge on any atom is 0.341 e. The number of halogens is 1. The lowest BCUT2D eigenvalue weighted by Gasteiger charge is -2.17. The molecular weight excluding hydrogens is 468 g/mol. The van der Waals surface area contributed by atoms with Gasteiger partial charge in [0, 0.05) is 11.6 Å². The van der Waals surface area contributed by atoms with E-state index in [1.165, 1.54) is 23.1 Å². The second-order valence-corrected chi connectivity index (χ2v) is 9.58. The molecule has 0 spiro atoms. The van der Waals surface area contributed by atoms with Crippen molar-refractivity contribution < 1.29 is 14.3 Å². The Balaban J connectivity index is 1.50. The highest BCUT2D eigenvalue weighted by Crippen LogP contribution is 2.38. The molecule has 0 aliphatic heterocycles. The van der Waals surface area contributed by atoms with Gasteiger partial charge in [-0.3, -0.25) is 9.36 Å². The van der Waals surface area contributed by atoms with E-state index < -0.39 is 5.97 Å². The first-order chi connectivity index (χ1) is 15.6. The summed E-state index contributed by atoms with van der Waals surface area (Å²) in [5.74, 6) is 0.215. The molecule has 1 aliphatic rings. The van der Waals surface area contributed by atoms with Crippen LogP contribution in [0.2, 0.25) is 5.02 Å². The number of amides is 1. The van der Waals surface area contributed by atoms with Crippen LogP contribution in [0.4, 0.5) is 5.00 Å². The van der Waals surface area contributed by atoms with E-state index in [1.54, 1.807) is 18.4 Å². The molecule has 0 atom stereocenters. The lowest BCUT2D eigenvalue weighted by molar-refractivity contribution is -0.113. The van der Waals surface area contributed by atoms with E-state index in [0.717, 1.165) is 37.1 Å². The number of nitrogens with one attached hydrogen (secondary N) is 1. The Bertz CT molecular complexity index is 1110. The number of ether oxygens (including phenoxy) is 1. The Morgan fingerprint density at radius 1 is 1.25 bits per heavy atom. The first-order valence-electron chi connectivity index (χ1n) is 10.5. The van der Waals surface area contributed by atoms with Crippen LogP contribution in [0.1, 0.15) is 49.0 Å². The van der Waals surface area contributed by atoms with Crippen LogP contribution in [0.15, 0.2) is 40.9 Å². The molecule has 1 N–H and O–H groups in total.